The molecule has 0 unspecified atom stereocenters. The van der Waals surface area contributed by atoms with Crippen LogP contribution in [0.25, 0.3) is 0 Å². The summed E-state index contributed by atoms with van der Waals surface area (Å²) >= 11 is 0. The molecule has 5 nitrogen and oxygen atoms in total. The molecular weight excluding hydrogens is 292 g/mol. The van der Waals surface area contributed by atoms with Crippen molar-refractivity contribution in [3.05, 3.63) is 53.1 Å². The number of carbonyl (C=O) groups excluding carboxylic acids is 1. The van der Waals surface area contributed by atoms with Gasteiger partial charge in [-0.05, 0) is 48.7 Å². The number of rotatable bonds is 5. The van der Waals surface area contributed by atoms with Crippen LogP contribution < -0.4 is 20.1 Å². The molecule has 0 spiro atoms. The zero-order valence-electron chi connectivity index (χ0n) is 13.3. The SMILES string of the molecule is Cc1cccc(NC(=O)CNCc2ccc3c(c2)OCO3)c1C. The van der Waals surface area contributed by atoms with Crippen molar-refractivity contribution in [3.63, 3.8) is 0 Å². The van der Waals surface area contributed by atoms with E-state index >= 15 is 0 Å². The minimum Gasteiger partial charge on any atom is -0.454 e. The molecule has 0 atom stereocenters. The van der Waals surface area contributed by atoms with Gasteiger partial charge in [0.05, 0.1) is 6.54 Å². The number of anilines is 1. The molecule has 2 aromatic rings. The third-order valence-electron chi connectivity index (χ3n) is 3.93. The standard InChI is InChI=1S/C18H20N2O3/c1-12-4-3-5-15(13(12)2)20-18(21)10-19-9-14-6-7-16-17(8-14)23-11-22-16/h3-8,19H,9-11H2,1-2H3,(H,20,21). The quantitative estimate of drug-likeness (QED) is 0.891. The number of ether oxygens (including phenoxy) is 2. The van der Waals surface area contributed by atoms with Gasteiger partial charge < -0.3 is 20.1 Å². The van der Waals surface area contributed by atoms with E-state index < -0.39 is 0 Å². The first-order valence-electron chi connectivity index (χ1n) is 7.59. The van der Waals surface area contributed by atoms with E-state index in [2.05, 4.69) is 10.6 Å². The van der Waals surface area contributed by atoms with Gasteiger partial charge in [-0.3, -0.25) is 4.79 Å². The molecule has 1 heterocycles. The Morgan fingerprint density at radius 3 is 2.83 bits per heavy atom. The predicted molar refractivity (Wildman–Crippen MR) is 88.8 cm³/mol. The van der Waals surface area contributed by atoms with Crippen LogP contribution in [0.15, 0.2) is 36.4 Å². The summed E-state index contributed by atoms with van der Waals surface area (Å²) in [6, 6.07) is 11.7. The molecule has 0 fully saturated rings. The van der Waals surface area contributed by atoms with Gasteiger partial charge in [-0.15, -0.1) is 0 Å². The molecule has 1 aliphatic rings. The van der Waals surface area contributed by atoms with Crippen LogP contribution in [0.2, 0.25) is 0 Å². The molecule has 0 aliphatic carbocycles. The Hall–Kier alpha value is -2.53. The summed E-state index contributed by atoms with van der Waals surface area (Å²) in [5, 5.41) is 6.07. The van der Waals surface area contributed by atoms with Gasteiger partial charge in [0.1, 0.15) is 0 Å². The van der Waals surface area contributed by atoms with Crippen molar-refractivity contribution in [1.29, 1.82) is 0 Å². The average Bonchev–Trinajstić information content (AvgIpc) is 2.99. The molecule has 5 heteroatoms. The molecule has 2 aromatic carbocycles. The van der Waals surface area contributed by atoms with Crippen molar-refractivity contribution in [2.45, 2.75) is 20.4 Å². The maximum absolute atomic E-state index is 12.0. The van der Waals surface area contributed by atoms with Gasteiger partial charge in [-0.1, -0.05) is 18.2 Å². The monoisotopic (exact) mass is 312 g/mol. The Kier molecular flexibility index (Phi) is 4.48. The third-order valence-corrected chi connectivity index (χ3v) is 3.93. The number of carbonyl (C=O) groups is 1. The number of fused-ring (bicyclic) bond motifs is 1. The van der Waals surface area contributed by atoms with E-state index in [1.54, 1.807) is 0 Å². The van der Waals surface area contributed by atoms with Crippen LogP contribution in [0.4, 0.5) is 5.69 Å². The van der Waals surface area contributed by atoms with Crippen molar-refractivity contribution in [3.8, 4) is 11.5 Å². The lowest BCUT2D eigenvalue weighted by Gasteiger charge is -2.11. The molecule has 0 saturated carbocycles. The van der Waals surface area contributed by atoms with Gasteiger partial charge in [0, 0.05) is 12.2 Å². The van der Waals surface area contributed by atoms with Gasteiger partial charge >= 0.3 is 0 Å². The van der Waals surface area contributed by atoms with E-state index in [4.69, 9.17) is 9.47 Å². The topological polar surface area (TPSA) is 59.6 Å². The highest BCUT2D eigenvalue weighted by Gasteiger charge is 2.13. The molecular formula is C18H20N2O3. The number of aryl methyl sites for hydroxylation is 1. The summed E-state index contributed by atoms with van der Waals surface area (Å²) < 4.78 is 10.6. The highest BCUT2D eigenvalue weighted by molar-refractivity contribution is 5.93. The molecule has 23 heavy (non-hydrogen) atoms. The minimum atomic E-state index is -0.0561. The second-order valence-corrected chi connectivity index (χ2v) is 5.59. The zero-order chi connectivity index (χ0) is 16.2. The fourth-order valence-corrected chi connectivity index (χ4v) is 2.45. The largest absolute Gasteiger partial charge is 0.454 e. The van der Waals surface area contributed by atoms with Crippen LogP contribution >= 0.6 is 0 Å². The van der Waals surface area contributed by atoms with Crippen LogP contribution in [0.3, 0.4) is 0 Å². The van der Waals surface area contributed by atoms with E-state index in [9.17, 15) is 4.79 Å². The first-order valence-corrected chi connectivity index (χ1v) is 7.59. The summed E-state index contributed by atoms with van der Waals surface area (Å²) in [4.78, 5) is 12.0. The molecule has 0 bridgehead atoms. The van der Waals surface area contributed by atoms with Crippen molar-refractivity contribution in [2.24, 2.45) is 0 Å². The molecule has 3 rings (SSSR count). The van der Waals surface area contributed by atoms with Gasteiger partial charge in [0.25, 0.3) is 0 Å². The predicted octanol–water partition coefficient (Wildman–Crippen LogP) is 2.76. The van der Waals surface area contributed by atoms with Crippen molar-refractivity contribution >= 4 is 11.6 Å². The first kappa shape index (κ1) is 15.4. The van der Waals surface area contributed by atoms with Crippen LogP contribution in [0, 0.1) is 13.8 Å². The second-order valence-electron chi connectivity index (χ2n) is 5.59. The second kappa shape index (κ2) is 6.71. The summed E-state index contributed by atoms with van der Waals surface area (Å²) in [7, 11) is 0. The Labute approximate surface area is 135 Å². The van der Waals surface area contributed by atoms with Crippen LogP contribution in [-0.2, 0) is 11.3 Å². The van der Waals surface area contributed by atoms with E-state index in [0.29, 0.717) is 6.54 Å². The number of hydrogen-bond donors (Lipinski definition) is 2. The van der Waals surface area contributed by atoms with E-state index in [0.717, 1.165) is 33.9 Å². The summed E-state index contributed by atoms with van der Waals surface area (Å²) in [5.74, 6) is 1.46. The van der Waals surface area contributed by atoms with E-state index in [1.807, 2.05) is 50.2 Å². The number of amides is 1. The van der Waals surface area contributed by atoms with Gasteiger partial charge in [0.2, 0.25) is 12.7 Å². The lowest BCUT2D eigenvalue weighted by Crippen LogP contribution is -2.28. The molecule has 0 saturated heterocycles. The molecule has 120 valence electrons. The Bertz CT molecular complexity index is 728. The summed E-state index contributed by atoms with van der Waals surface area (Å²) in [6.45, 7) is 5.15. The Morgan fingerprint density at radius 2 is 1.96 bits per heavy atom. The number of nitrogens with one attached hydrogen (secondary N) is 2. The Balaban J connectivity index is 1.50. The number of benzene rings is 2. The van der Waals surface area contributed by atoms with Crippen molar-refractivity contribution < 1.29 is 14.3 Å². The maximum Gasteiger partial charge on any atom is 0.238 e. The van der Waals surface area contributed by atoms with Crippen LogP contribution in [-0.4, -0.2) is 19.2 Å². The van der Waals surface area contributed by atoms with Gasteiger partial charge in [0.15, 0.2) is 11.5 Å². The van der Waals surface area contributed by atoms with Gasteiger partial charge in [-0.2, -0.15) is 0 Å². The Morgan fingerprint density at radius 1 is 1.13 bits per heavy atom. The molecule has 0 aromatic heterocycles. The lowest BCUT2D eigenvalue weighted by molar-refractivity contribution is -0.115. The third kappa shape index (κ3) is 3.63. The van der Waals surface area contributed by atoms with Crippen LogP contribution in [0.1, 0.15) is 16.7 Å². The van der Waals surface area contributed by atoms with Crippen molar-refractivity contribution in [2.75, 3.05) is 18.7 Å². The zero-order valence-corrected chi connectivity index (χ0v) is 13.3. The fourth-order valence-electron chi connectivity index (χ4n) is 2.45. The first-order chi connectivity index (χ1) is 11.1. The van der Waals surface area contributed by atoms with Crippen molar-refractivity contribution in [1.82, 2.24) is 5.32 Å². The normalized spacial score (nSPS) is 12.3. The minimum absolute atomic E-state index is 0.0561. The van der Waals surface area contributed by atoms with E-state index in [-0.39, 0.29) is 19.2 Å². The number of hydrogen-bond acceptors (Lipinski definition) is 4. The summed E-state index contributed by atoms with van der Waals surface area (Å²) in [6.07, 6.45) is 0. The molecule has 0 radical (unpaired) electrons. The van der Waals surface area contributed by atoms with Crippen LogP contribution in [0.5, 0.6) is 11.5 Å². The molecule has 1 aliphatic heterocycles. The maximum atomic E-state index is 12.0. The smallest absolute Gasteiger partial charge is 0.238 e. The lowest BCUT2D eigenvalue weighted by atomic mass is 10.1. The average molecular weight is 312 g/mol. The highest BCUT2D eigenvalue weighted by Crippen LogP contribution is 2.32. The molecule has 2 N–H and O–H groups in total. The molecule has 1 amide bonds. The van der Waals surface area contributed by atoms with Gasteiger partial charge in [-0.25, -0.2) is 0 Å². The highest BCUT2D eigenvalue weighted by atomic mass is 16.7. The summed E-state index contributed by atoms with van der Waals surface area (Å²) in [5.41, 5.74) is 4.17. The van der Waals surface area contributed by atoms with E-state index in [1.165, 1.54) is 0 Å². The fraction of sp³-hybridized carbons (Fsp3) is 0.278.